The molecule has 0 spiro atoms. The number of nitrogens with zero attached hydrogens (tertiary/aromatic N) is 4. The van der Waals surface area contributed by atoms with Gasteiger partial charge in [0, 0.05) is 36.8 Å². The summed E-state index contributed by atoms with van der Waals surface area (Å²) < 4.78 is 7.35. The molecule has 0 N–H and O–H groups in total. The van der Waals surface area contributed by atoms with Crippen molar-refractivity contribution < 1.29 is 4.42 Å². The molecule has 1 saturated heterocycles. The van der Waals surface area contributed by atoms with Gasteiger partial charge >= 0.3 is 0 Å². The largest absolute Gasteiger partial charge is 0.409 e. The maximum atomic E-state index is 6.01. The molecule has 2 aromatic rings. The lowest BCUT2D eigenvalue weighted by Gasteiger charge is -2.33. The maximum Gasteiger partial charge on any atom is 0.288 e. The van der Waals surface area contributed by atoms with Crippen LogP contribution in [0.5, 0.6) is 0 Å². The fraction of sp³-hybridized carbons (Fsp3) is 0.467. The van der Waals surface area contributed by atoms with Gasteiger partial charge in [0.05, 0.1) is 6.67 Å². The summed E-state index contributed by atoms with van der Waals surface area (Å²) >= 11 is 11.3. The van der Waals surface area contributed by atoms with E-state index in [0.29, 0.717) is 22.4 Å². The summed E-state index contributed by atoms with van der Waals surface area (Å²) in [6, 6.07) is 7.44. The molecule has 0 aliphatic carbocycles. The van der Waals surface area contributed by atoms with E-state index in [1.54, 1.807) is 4.68 Å². The maximum absolute atomic E-state index is 6.01. The summed E-state index contributed by atoms with van der Waals surface area (Å²) in [5.41, 5.74) is 0.841. The highest BCUT2D eigenvalue weighted by molar-refractivity contribution is 7.71. The first-order valence-electron chi connectivity index (χ1n) is 7.44. The number of likely N-dealkylation sites (N-methyl/N-ethyl adjacent to an activating group) is 1. The highest BCUT2D eigenvalue weighted by atomic mass is 35.5. The monoisotopic (exact) mass is 338 g/mol. The molecule has 5 nitrogen and oxygen atoms in total. The predicted octanol–water partition coefficient (Wildman–Crippen LogP) is 3.12. The van der Waals surface area contributed by atoms with E-state index in [4.69, 9.17) is 28.2 Å². The number of rotatable bonds is 4. The molecule has 0 atom stereocenters. The molecule has 22 heavy (non-hydrogen) atoms. The third kappa shape index (κ3) is 3.57. The predicted molar refractivity (Wildman–Crippen MR) is 89.5 cm³/mol. The second-order valence-electron chi connectivity index (χ2n) is 5.38. The van der Waals surface area contributed by atoms with Gasteiger partial charge in [-0.05, 0) is 37.0 Å². The Kier molecular flexibility index (Phi) is 4.93. The highest BCUT2D eigenvalue weighted by Gasteiger charge is 2.17. The lowest BCUT2D eigenvalue weighted by atomic mass is 10.2. The average molecular weight is 339 g/mol. The smallest absolute Gasteiger partial charge is 0.288 e. The van der Waals surface area contributed by atoms with Crippen LogP contribution in [0.4, 0.5) is 0 Å². The molecule has 0 bridgehead atoms. The minimum absolute atomic E-state index is 0.396. The van der Waals surface area contributed by atoms with E-state index in [1.165, 1.54) is 0 Å². The zero-order valence-electron chi connectivity index (χ0n) is 12.5. The molecule has 1 aliphatic heterocycles. The standard InChI is InChI=1S/C15H19ClN4OS/c1-2-18-6-8-19(9-7-18)11-20-15(22)21-14(17-20)12-4-3-5-13(16)10-12/h3-5,10H,2,6-9,11H2,1H3. The number of hydrogen-bond acceptors (Lipinski definition) is 5. The molecule has 0 amide bonds. The van der Waals surface area contributed by atoms with Gasteiger partial charge in [-0.3, -0.25) is 4.90 Å². The molecular formula is C15H19ClN4OS. The zero-order valence-corrected chi connectivity index (χ0v) is 14.1. The van der Waals surface area contributed by atoms with Crippen molar-refractivity contribution in [1.82, 2.24) is 19.6 Å². The van der Waals surface area contributed by atoms with Gasteiger partial charge in [0.25, 0.3) is 4.84 Å². The van der Waals surface area contributed by atoms with Gasteiger partial charge in [0.2, 0.25) is 5.89 Å². The van der Waals surface area contributed by atoms with Crippen molar-refractivity contribution in [2.75, 3.05) is 32.7 Å². The Morgan fingerprint density at radius 2 is 1.95 bits per heavy atom. The van der Waals surface area contributed by atoms with Gasteiger partial charge in [-0.2, -0.15) is 0 Å². The molecule has 0 radical (unpaired) electrons. The molecule has 1 fully saturated rings. The third-order valence-corrected chi connectivity index (χ3v) is 4.45. The van der Waals surface area contributed by atoms with E-state index >= 15 is 0 Å². The van der Waals surface area contributed by atoms with Gasteiger partial charge in [-0.15, -0.1) is 5.10 Å². The van der Waals surface area contributed by atoms with E-state index < -0.39 is 0 Å². The summed E-state index contributed by atoms with van der Waals surface area (Å²) in [7, 11) is 0. The molecule has 0 saturated carbocycles. The third-order valence-electron chi connectivity index (χ3n) is 3.92. The molecule has 2 heterocycles. The summed E-state index contributed by atoms with van der Waals surface area (Å²) in [4.78, 5) is 5.18. The SMILES string of the molecule is CCN1CCN(Cn2nc(-c3cccc(Cl)c3)oc2=S)CC1. The quantitative estimate of drug-likeness (QED) is 0.801. The van der Waals surface area contributed by atoms with E-state index in [2.05, 4.69) is 21.8 Å². The van der Waals surface area contributed by atoms with Gasteiger partial charge in [-0.1, -0.05) is 24.6 Å². The fourth-order valence-electron chi connectivity index (χ4n) is 2.57. The topological polar surface area (TPSA) is 37.4 Å². The Hall–Kier alpha value is -1.21. The molecule has 1 aromatic carbocycles. The van der Waals surface area contributed by atoms with E-state index in [1.807, 2.05) is 24.3 Å². The Balaban J connectivity index is 1.72. The van der Waals surface area contributed by atoms with Crippen LogP contribution in [0.2, 0.25) is 5.02 Å². The van der Waals surface area contributed by atoms with Crippen LogP contribution in [-0.4, -0.2) is 52.3 Å². The lowest BCUT2D eigenvalue weighted by Crippen LogP contribution is -2.46. The molecule has 0 unspecified atom stereocenters. The zero-order chi connectivity index (χ0) is 15.5. The Morgan fingerprint density at radius 1 is 1.23 bits per heavy atom. The Morgan fingerprint density at radius 3 is 2.64 bits per heavy atom. The first kappa shape index (κ1) is 15.7. The van der Waals surface area contributed by atoms with E-state index in [-0.39, 0.29) is 0 Å². The van der Waals surface area contributed by atoms with Crippen molar-refractivity contribution in [2.45, 2.75) is 13.6 Å². The van der Waals surface area contributed by atoms with Crippen LogP contribution in [-0.2, 0) is 6.67 Å². The van der Waals surface area contributed by atoms with Crippen LogP contribution in [0, 0.1) is 4.84 Å². The first-order chi connectivity index (χ1) is 10.7. The second kappa shape index (κ2) is 6.91. The second-order valence-corrected chi connectivity index (χ2v) is 6.16. The molecule has 3 rings (SSSR count). The summed E-state index contributed by atoms with van der Waals surface area (Å²) in [6.07, 6.45) is 0. The lowest BCUT2D eigenvalue weighted by molar-refractivity contribution is 0.105. The van der Waals surface area contributed by atoms with Crippen LogP contribution >= 0.6 is 23.8 Å². The van der Waals surface area contributed by atoms with E-state index in [9.17, 15) is 0 Å². The van der Waals surface area contributed by atoms with E-state index in [0.717, 1.165) is 38.3 Å². The van der Waals surface area contributed by atoms with Crippen LogP contribution in [0.25, 0.3) is 11.5 Å². The number of hydrogen-bond donors (Lipinski definition) is 0. The number of halogens is 1. The normalized spacial score (nSPS) is 17.0. The summed E-state index contributed by atoms with van der Waals surface area (Å²) in [5.74, 6) is 0.514. The van der Waals surface area contributed by atoms with Crippen LogP contribution in [0.3, 0.4) is 0 Å². The first-order valence-corrected chi connectivity index (χ1v) is 8.23. The van der Waals surface area contributed by atoms with Crippen LogP contribution < -0.4 is 0 Å². The van der Waals surface area contributed by atoms with Gasteiger partial charge in [0.1, 0.15) is 0 Å². The van der Waals surface area contributed by atoms with Gasteiger partial charge in [0.15, 0.2) is 0 Å². The summed E-state index contributed by atoms with van der Waals surface area (Å²) in [6.45, 7) is 8.19. The van der Waals surface area contributed by atoms with Crippen molar-refractivity contribution in [2.24, 2.45) is 0 Å². The minimum Gasteiger partial charge on any atom is -0.409 e. The number of benzene rings is 1. The number of piperazine rings is 1. The molecule has 7 heteroatoms. The average Bonchev–Trinajstić information content (AvgIpc) is 2.89. The highest BCUT2D eigenvalue weighted by Crippen LogP contribution is 2.21. The molecular weight excluding hydrogens is 320 g/mol. The number of aromatic nitrogens is 2. The summed E-state index contributed by atoms with van der Waals surface area (Å²) in [5, 5.41) is 5.14. The van der Waals surface area contributed by atoms with Crippen molar-refractivity contribution in [3.8, 4) is 11.5 Å². The molecule has 1 aromatic heterocycles. The van der Waals surface area contributed by atoms with Crippen LogP contribution in [0.1, 0.15) is 6.92 Å². The Labute approximate surface area is 140 Å². The molecule has 118 valence electrons. The van der Waals surface area contributed by atoms with Crippen molar-refractivity contribution in [3.63, 3.8) is 0 Å². The fourth-order valence-corrected chi connectivity index (χ4v) is 2.94. The van der Waals surface area contributed by atoms with Gasteiger partial charge in [-0.25, -0.2) is 4.68 Å². The van der Waals surface area contributed by atoms with Crippen molar-refractivity contribution >= 4 is 23.8 Å². The van der Waals surface area contributed by atoms with Gasteiger partial charge < -0.3 is 9.32 Å². The van der Waals surface area contributed by atoms with Crippen LogP contribution in [0.15, 0.2) is 28.7 Å². The minimum atomic E-state index is 0.396. The van der Waals surface area contributed by atoms with Crippen molar-refractivity contribution in [3.05, 3.63) is 34.1 Å². The van der Waals surface area contributed by atoms with Crippen molar-refractivity contribution in [1.29, 1.82) is 0 Å². The molecule has 1 aliphatic rings. The Bertz CT molecular complexity index is 691.